The van der Waals surface area contributed by atoms with Gasteiger partial charge in [-0.3, -0.25) is 0 Å². The molecule has 4 heterocycles. The summed E-state index contributed by atoms with van der Waals surface area (Å²) >= 11 is 8.20. The second-order valence-corrected chi connectivity index (χ2v) is 26.4. The van der Waals surface area contributed by atoms with Gasteiger partial charge in [0.2, 0.25) is 0 Å². The monoisotopic (exact) mass is 1150 g/mol. The standard InChI is InChI=1S/C76H84N2S4/c1-5-9-13-21-33-59-55-71(81-73(59)57-45-49-67(50-46-57)77(63-37-25-17-26-38-63)64-39-27-18-28-40-64)75-61(35-23-15-11-7-3)53-69(79-75)70-54-62(36-24-16-12-8-4)76(80-70)72-56-60(34-22-14-10-6-2)74(82-72)58-47-51-68(52-48-58)78(65-41-29-19-30-42-65)66-43-31-20-32-44-66/h17-20,25-32,37-56H,5-16,21-24,33-36H2,1-4H3. The third-order valence-electron chi connectivity index (χ3n) is 16.0. The Morgan fingerprint density at radius 2 is 0.488 bits per heavy atom. The van der Waals surface area contributed by atoms with Crippen LogP contribution in [0.25, 0.3) is 50.1 Å². The number of nitrogens with zero attached hydrogens (tertiary/aromatic N) is 2. The van der Waals surface area contributed by atoms with E-state index in [1.54, 1.807) is 0 Å². The van der Waals surface area contributed by atoms with Crippen LogP contribution in [0.3, 0.4) is 0 Å². The van der Waals surface area contributed by atoms with Crippen LogP contribution in [0.1, 0.15) is 153 Å². The van der Waals surface area contributed by atoms with E-state index in [0.29, 0.717) is 0 Å². The van der Waals surface area contributed by atoms with Crippen molar-refractivity contribution in [3.8, 4) is 50.1 Å². The summed E-state index contributed by atoms with van der Waals surface area (Å²) < 4.78 is 0. The molecule has 6 aromatic carbocycles. The second kappa shape index (κ2) is 30.3. The predicted octanol–water partition coefficient (Wildman–Crippen LogP) is 25.7. The Hall–Kier alpha value is -6.28. The van der Waals surface area contributed by atoms with Gasteiger partial charge in [0, 0.05) is 73.1 Å². The van der Waals surface area contributed by atoms with Crippen LogP contribution in [0.4, 0.5) is 34.1 Å². The smallest absolute Gasteiger partial charge is 0.0481 e. The number of benzene rings is 6. The lowest BCUT2D eigenvalue weighted by Gasteiger charge is -2.25. The zero-order valence-electron chi connectivity index (χ0n) is 49.1. The van der Waals surface area contributed by atoms with Gasteiger partial charge in [-0.1, -0.05) is 202 Å². The molecule has 0 unspecified atom stereocenters. The highest BCUT2D eigenvalue weighted by Crippen LogP contribution is 2.51. The molecule has 0 N–H and O–H groups in total. The van der Waals surface area contributed by atoms with Crippen LogP contribution in [0.2, 0.25) is 0 Å². The highest BCUT2D eigenvalue weighted by Gasteiger charge is 2.24. The minimum absolute atomic E-state index is 1.11. The van der Waals surface area contributed by atoms with Gasteiger partial charge in [-0.05, 0) is 182 Å². The SMILES string of the molecule is CCCCCCc1cc(-c2sc(-c3cc(CCCCCC)c(-c4cc(CCCCCC)c(-c5ccc(N(c6ccccc6)c6ccccc6)cc5)s4)s3)cc2CCCCCC)sc1-c1ccc(N(c2ccccc2)c2ccccc2)cc1. The van der Waals surface area contributed by atoms with Crippen LogP contribution in [0.5, 0.6) is 0 Å². The number of unbranched alkanes of at least 4 members (excludes halogenated alkanes) is 12. The maximum absolute atomic E-state index is 2.62. The summed E-state index contributed by atoms with van der Waals surface area (Å²) in [6.45, 7) is 9.31. The lowest BCUT2D eigenvalue weighted by Crippen LogP contribution is -2.09. The van der Waals surface area contributed by atoms with Crippen molar-refractivity contribution in [2.24, 2.45) is 0 Å². The Balaban J connectivity index is 1.02. The van der Waals surface area contributed by atoms with Crippen molar-refractivity contribution >= 4 is 79.5 Å². The largest absolute Gasteiger partial charge is 0.311 e. The molecule has 422 valence electrons. The van der Waals surface area contributed by atoms with Gasteiger partial charge in [-0.2, -0.15) is 0 Å². The van der Waals surface area contributed by atoms with E-state index in [-0.39, 0.29) is 0 Å². The molecule has 2 nitrogen and oxygen atoms in total. The average Bonchev–Trinajstić information content (AvgIpc) is 4.51. The van der Waals surface area contributed by atoms with E-state index in [2.05, 4.69) is 254 Å². The van der Waals surface area contributed by atoms with E-state index in [4.69, 9.17) is 0 Å². The van der Waals surface area contributed by atoms with Gasteiger partial charge >= 0.3 is 0 Å². The van der Waals surface area contributed by atoms with Gasteiger partial charge in [0.25, 0.3) is 0 Å². The number of anilines is 6. The molecule has 0 bridgehead atoms. The Morgan fingerprint density at radius 3 is 0.768 bits per heavy atom. The van der Waals surface area contributed by atoms with Crippen LogP contribution >= 0.6 is 45.3 Å². The zero-order valence-corrected chi connectivity index (χ0v) is 52.4. The number of hydrogen-bond donors (Lipinski definition) is 0. The van der Waals surface area contributed by atoms with Crippen LogP contribution in [-0.4, -0.2) is 0 Å². The molecule has 0 aliphatic heterocycles. The molecule has 0 spiro atoms. The number of aryl methyl sites for hydroxylation is 4. The van der Waals surface area contributed by atoms with Crippen molar-refractivity contribution in [3.05, 3.63) is 216 Å². The predicted molar refractivity (Wildman–Crippen MR) is 366 cm³/mol. The topological polar surface area (TPSA) is 6.48 Å². The van der Waals surface area contributed by atoms with Crippen molar-refractivity contribution in [2.45, 2.75) is 156 Å². The van der Waals surface area contributed by atoms with Gasteiger partial charge in [0.05, 0.1) is 0 Å². The molecular weight excluding hydrogens is 1070 g/mol. The molecule has 82 heavy (non-hydrogen) atoms. The Labute approximate surface area is 508 Å². The molecular formula is C76H84N2S4. The third-order valence-corrected chi connectivity index (χ3v) is 21.3. The van der Waals surface area contributed by atoms with Gasteiger partial charge in [0.1, 0.15) is 0 Å². The Morgan fingerprint density at radius 1 is 0.244 bits per heavy atom. The average molecular weight is 1150 g/mol. The zero-order chi connectivity index (χ0) is 56.3. The molecule has 4 aromatic heterocycles. The molecule has 0 amide bonds. The van der Waals surface area contributed by atoms with Crippen LogP contribution in [-0.2, 0) is 25.7 Å². The molecule has 0 atom stereocenters. The number of hydrogen-bond acceptors (Lipinski definition) is 6. The van der Waals surface area contributed by atoms with Gasteiger partial charge in [-0.15, -0.1) is 45.3 Å². The van der Waals surface area contributed by atoms with Crippen LogP contribution in [0, 0.1) is 0 Å². The molecule has 10 rings (SSSR count). The van der Waals surface area contributed by atoms with Crippen molar-refractivity contribution in [2.75, 3.05) is 9.80 Å². The van der Waals surface area contributed by atoms with Crippen LogP contribution < -0.4 is 9.80 Å². The summed E-state index contributed by atoms with van der Waals surface area (Å²) in [6.07, 6.45) is 24.7. The van der Waals surface area contributed by atoms with Gasteiger partial charge in [0.15, 0.2) is 0 Å². The minimum Gasteiger partial charge on any atom is -0.311 e. The summed E-state index contributed by atoms with van der Waals surface area (Å²) in [6, 6.07) is 72.4. The fourth-order valence-electron chi connectivity index (χ4n) is 11.5. The van der Waals surface area contributed by atoms with E-state index < -0.39 is 0 Å². The Bertz CT molecular complexity index is 3140. The maximum atomic E-state index is 2.62. The quantitative estimate of drug-likeness (QED) is 0.0400. The van der Waals surface area contributed by atoms with Gasteiger partial charge < -0.3 is 9.80 Å². The molecule has 0 saturated heterocycles. The van der Waals surface area contributed by atoms with E-state index in [1.807, 2.05) is 22.7 Å². The summed E-state index contributed by atoms with van der Waals surface area (Å²) in [4.78, 5) is 16.3. The first-order chi connectivity index (χ1) is 40.5. The minimum atomic E-state index is 1.11. The van der Waals surface area contributed by atoms with Crippen molar-refractivity contribution < 1.29 is 0 Å². The maximum Gasteiger partial charge on any atom is 0.0481 e. The molecule has 0 fully saturated rings. The first-order valence-electron chi connectivity index (χ1n) is 31.1. The van der Waals surface area contributed by atoms with Crippen molar-refractivity contribution in [3.63, 3.8) is 0 Å². The van der Waals surface area contributed by atoms with E-state index in [1.165, 1.54) is 187 Å². The molecule has 0 radical (unpaired) electrons. The van der Waals surface area contributed by atoms with E-state index >= 15 is 0 Å². The number of rotatable bonds is 31. The molecule has 0 aliphatic rings. The summed E-state index contributed by atoms with van der Waals surface area (Å²) in [5.74, 6) is 0. The third kappa shape index (κ3) is 14.9. The highest BCUT2D eigenvalue weighted by molar-refractivity contribution is 7.29. The van der Waals surface area contributed by atoms with Gasteiger partial charge in [-0.25, -0.2) is 0 Å². The van der Waals surface area contributed by atoms with Crippen molar-refractivity contribution in [1.29, 1.82) is 0 Å². The fourth-order valence-corrected chi connectivity index (χ4v) is 16.7. The van der Waals surface area contributed by atoms with E-state index in [9.17, 15) is 0 Å². The Kier molecular flexibility index (Phi) is 21.8. The number of thiophene rings is 4. The molecule has 10 aromatic rings. The fraction of sp³-hybridized carbons (Fsp3) is 0.316. The molecule has 6 heteroatoms. The van der Waals surface area contributed by atoms with Crippen molar-refractivity contribution in [1.82, 2.24) is 0 Å². The highest BCUT2D eigenvalue weighted by atomic mass is 32.1. The lowest BCUT2D eigenvalue weighted by molar-refractivity contribution is 0.667. The lowest BCUT2D eigenvalue weighted by atomic mass is 10.0. The summed E-state index contributed by atoms with van der Waals surface area (Å²) in [5, 5.41) is 0. The molecule has 0 aliphatic carbocycles. The second-order valence-electron chi connectivity index (χ2n) is 22.2. The van der Waals surface area contributed by atoms with E-state index in [0.717, 1.165) is 48.4 Å². The first kappa shape index (κ1) is 58.9. The number of para-hydroxylation sites is 4. The normalized spacial score (nSPS) is 11.4. The summed E-state index contributed by atoms with van der Waals surface area (Å²) in [7, 11) is 0. The summed E-state index contributed by atoms with van der Waals surface area (Å²) in [5.41, 5.74) is 15.7. The first-order valence-corrected chi connectivity index (χ1v) is 34.3. The van der Waals surface area contributed by atoms with Crippen LogP contribution in [0.15, 0.2) is 194 Å². The molecule has 0 saturated carbocycles.